The Hall–Kier alpha value is -2.40. The lowest BCUT2D eigenvalue weighted by Crippen LogP contribution is -2.27. The molecule has 0 aliphatic carbocycles. The van der Waals surface area contributed by atoms with Crippen molar-refractivity contribution >= 4 is 17.3 Å². The summed E-state index contributed by atoms with van der Waals surface area (Å²) in [5.41, 5.74) is 3.58. The number of benzene rings is 1. The van der Waals surface area contributed by atoms with Gasteiger partial charge in [-0.25, -0.2) is 0 Å². The minimum absolute atomic E-state index is 0.128. The van der Waals surface area contributed by atoms with Crippen molar-refractivity contribution in [2.24, 2.45) is 0 Å². The summed E-state index contributed by atoms with van der Waals surface area (Å²) in [5.74, 6) is -0.209. The van der Waals surface area contributed by atoms with Crippen molar-refractivity contribution in [1.29, 1.82) is 0 Å². The molecule has 2 aromatic rings. The Labute approximate surface area is 143 Å². The van der Waals surface area contributed by atoms with Crippen molar-refractivity contribution in [2.75, 3.05) is 25.6 Å². The third-order valence-corrected chi connectivity index (χ3v) is 3.62. The number of rotatable bonds is 6. The van der Waals surface area contributed by atoms with Crippen LogP contribution in [0.15, 0.2) is 42.6 Å². The van der Waals surface area contributed by atoms with Crippen molar-refractivity contribution in [3.05, 3.63) is 53.9 Å². The molecule has 2 rings (SSSR count). The summed E-state index contributed by atoms with van der Waals surface area (Å²) >= 11 is 0. The SMILES string of the molecule is COCCNC(=O)c1cc(Nc2ccc(C(C)(C)C)cc2)ccn1. The van der Waals surface area contributed by atoms with Crippen LogP contribution in [0.5, 0.6) is 0 Å². The van der Waals surface area contributed by atoms with Gasteiger partial charge in [-0.05, 0) is 35.2 Å². The molecular formula is C19H25N3O2. The van der Waals surface area contributed by atoms with E-state index in [-0.39, 0.29) is 11.3 Å². The standard InChI is InChI=1S/C19H25N3O2/c1-19(2,3)14-5-7-15(8-6-14)22-16-9-10-20-17(13-16)18(23)21-11-12-24-4/h5-10,13H,11-12H2,1-4H3,(H,20,22)(H,21,23). The van der Waals surface area contributed by atoms with Gasteiger partial charge in [0.1, 0.15) is 5.69 Å². The Kier molecular flexibility index (Phi) is 5.93. The Morgan fingerprint density at radius 1 is 1.12 bits per heavy atom. The molecule has 0 atom stereocenters. The number of pyridine rings is 1. The largest absolute Gasteiger partial charge is 0.383 e. The van der Waals surface area contributed by atoms with E-state index in [1.165, 1.54) is 5.56 Å². The Morgan fingerprint density at radius 2 is 1.83 bits per heavy atom. The molecule has 0 saturated heterocycles. The molecule has 0 fully saturated rings. The first-order chi connectivity index (χ1) is 11.4. The van der Waals surface area contributed by atoms with Crippen LogP contribution in [-0.2, 0) is 10.2 Å². The molecule has 2 N–H and O–H groups in total. The number of methoxy groups -OCH3 is 1. The highest BCUT2D eigenvalue weighted by Gasteiger charge is 2.13. The van der Waals surface area contributed by atoms with Crippen LogP contribution in [0.2, 0.25) is 0 Å². The second-order valence-corrected chi connectivity index (χ2v) is 6.63. The van der Waals surface area contributed by atoms with Gasteiger partial charge in [-0.15, -0.1) is 0 Å². The quantitative estimate of drug-likeness (QED) is 0.797. The number of hydrogen-bond donors (Lipinski definition) is 2. The van der Waals surface area contributed by atoms with E-state index in [1.807, 2.05) is 18.2 Å². The third kappa shape index (κ3) is 5.06. The van der Waals surface area contributed by atoms with E-state index >= 15 is 0 Å². The molecule has 0 radical (unpaired) electrons. The molecule has 0 spiro atoms. The van der Waals surface area contributed by atoms with Gasteiger partial charge in [0, 0.05) is 31.2 Å². The number of aromatic nitrogens is 1. The topological polar surface area (TPSA) is 63.2 Å². The molecule has 0 bridgehead atoms. The van der Waals surface area contributed by atoms with Gasteiger partial charge in [0.2, 0.25) is 0 Å². The molecule has 128 valence electrons. The highest BCUT2D eigenvalue weighted by atomic mass is 16.5. The van der Waals surface area contributed by atoms with E-state index in [0.717, 1.165) is 11.4 Å². The number of anilines is 2. The fourth-order valence-electron chi connectivity index (χ4n) is 2.21. The van der Waals surface area contributed by atoms with Gasteiger partial charge in [0.05, 0.1) is 6.61 Å². The molecule has 24 heavy (non-hydrogen) atoms. The zero-order valence-corrected chi connectivity index (χ0v) is 14.7. The maximum absolute atomic E-state index is 12.0. The first-order valence-electron chi connectivity index (χ1n) is 8.01. The summed E-state index contributed by atoms with van der Waals surface area (Å²) in [6.07, 6.45) is 1.62. The van der Waals surface area contributed by atoms with Crippen LogP contribution in [0, 0.1) is 0 Å². The predicted molar refractivity (Wildman–Crippen MR) is 96.9 cm³/mol. The average Bonchev–Trinajstić information content (AvgIpc) is 2.55. The zero-order chi connectivity index (χ0) is 17.6. The van der Waals surface area contributed by atoms with Crippen molar-refractivity contribution in [3.63, 3.8) is 0 Å². The number of carbonyl (C=O) groups is 1. The number of amides is 1. The van der Waals surface area contributed by atoms with Crippen molar-refractivity contribution in [3.8, 4) is 0 Å². The maximum atomic E-state index is 12.0. The summed E-state index contributed by atoms with van der Waals surface area (Å²) in [6, 6.07) is 11.9. The molecule has 5 heteroatoms. The summed E-state index contributed by atoms with van der Waals surface area (Å²) in [4.78, 5) is 16.1. The molecular weight excluding hydrogens is 302 g/mol. The highest BCUT2D eigenvalue weighted by Crippen LogP contribution is 2.24. The number of nitrogens with zero attached hydrogens (tertiary/aromatic N) is 1. The highest BCUT2D eigenvalue weighted by molar-refractivity contribution is 5.93. The third-order valence-electron chi connectivity index (χ3n) is 3.62. The number of nitrogens with one attached hydrogen (secondary N) is 2. The Morgan fingerprint density at radius 3 is 2.46 bits per heavy atom. The van der Waals surface area contributed by atoms with Crippen LogP contribution in [0.25, 0.3) is 0 Å². The van der Waals surface area contributed by atoms with Crippen LogP contribution in [0.4, 0.5) is 11.4 Å². The number of hydrogen-bond acceptors (Lipinski definition) is 4. The molecule has 0 unspecified atom stereocenters. The van der Waals surface area contributed by atoms with Gasteiger partial charge < -0.3 is 15.4 Å². The minimum Gasteiger partial charge on any atom is -0.383 e. The summed E-state index contributed by atoms with van der Waals surface area (Å²) < 4.78 is 4.92. The smallest absolute Gasteiger partial charge is 0.270 e. The van der Waals surface area contributed by atoms with Gasteiger partial charge in [0.25, 0.3) is 5.91 Å². The summed E-state index contributed by atoms with van der Waals surface area (Å²) in [6.45, 7) is 7.50. The lowest BCUT2D eigenvalue weighted by atomic mass is 9.87. The second kappa shape index (κ2) is 7.93. The fraction of sp³-hybridized carbons (Fsp3) is 0.368. The predicted octanol–water partition coefficient (Wildman–Crippen LogP) is 3.50. The molecule has 1 aromatic carbocycles. The number of carbonyl (C=O) groups excluding carboxylic acids is 1. The summed E-state index contributed by atoms with van der Waals surface area (Å²) in [5, 5.41) is 6.06. The maximum Gasteiger partial charge on any atom is 0.270 e. The average molecular weight is 327 g/mol. The number of ether oxygens (including phenoxy) is 1. The molecule has 1 aromatic heterocycles. The van der Waals surface area contributed by atoms with E-state index in [2.05, 4.69) is 48.5 Å². The molecule has 0 aliphatic heterocycles. The van der Waals surface area contributed by atoms with Crippen LogP contribution < -0.4 is 10.6 Å². The van der Waals surface area contributed by atoms with Crippen LogP contribution in [-0.4, -0.2) is 31.2 Å². The van der Waals surface area contributed by atoms with Crippen molar-refractivity contribution in [1.82, 2.24) is 10.3 Å². The minimum atomic E-state index is -0.209. The van der Waals surface area contributed by atoms with E-state index in [4.69, 9.17) is 4.74 Å². The molecule has 1 heterocycles. The molecule has 1 amide bonds. The van der Waals surface area contributed by atoms with Crippen LogP contribution >= 0.6 is 0 Å². The van der Waals surface area contributed by atoms with Crippen molar-refractivity contribution in [2.45, 2.75) is 26.2 Å². The lowest BCUT2D eigenvalue weighted by molar-refractivity contribution is 0.0932. The monoisotopic (exact) mass is 327 g/mol. The van der Waals surface area contributed by atoms with Crippen LogP contribution in [0.3, 0.4) is 0 Å². The van der Waals surface area contributed by atoms with E-state index in [9.17, 15) is 4.79 Å². The van der Waals surface area contributed by atoms with Gasteiger partial charge in [-0.2, -0.15) is 0 Å². The van der Waals surface area contributed by atoms with Gasteiger partial charge in [-0.1, -0.05) is 32.9 Å². The van der Waals surface area contributed by atoms with Gasteiger partial charge in [0.15, 0.2) is 0 Å². The first kappa shape index (κ1) is 17.9. The molecule has 5 nitrogen and oxygen atoms in total. The Bertz CT molecular complexity index is 676. The van der Waals surface area contributed by atoms with E-state index < -0.39 is 0 Å². The van der Waals surface area contributed by atoms with E-state index in [1.54, 1.807) is 19.4 Å². The first-order valence-corrected chi connectivity index (χ1v) is 8.01. The fourth-order valence-corrected chi connectivity index (χ4v) is 2.21. The van der Waals surface area contributed by atoms with E-state index in [0.29, 0.717) is 18.8 Å². The Balaban J connectivity index is 2.05. The molecule has 0 aliphatic rings. The van der Waals surface area contributed by atoms with Gasteiger partial charge >= 0.3 is 0 Å². The second-order valence-electron chi connectivity index (χ2n) is 6.63. The molecule has 0 saturated carbocycles. The lowest BCUT2D eigenvalue weighted by Gasteiger charge is -2.19. The van der Waals surface area contributed by atoms with Crippen LogP contribution in [0.1, 0.15) is 36.8 Å². The normalized spacial score (nSPS) is 11.2. The van der Waals surface area contributed by atoms with Crippen molar-refractivity contribution < 1.29 is 9.53 Å². The summed E-state index contributed by atoms with van der Waals surface area (Å²) in [7, 11) is 1.60. The van der Waals surface area contributed by atoms with Gasteiger partial charge in [-0.3, -0.25) is 9.78 Å². The zero-order valence-electron chi connectivity index (χ0n) is 14.7.